The van der Waals surface area contributed by atoms with Crippen LogP contribution in [0.3, 0.4) is 0 Å². The van der Waals surface area contributed by atoms with Gasteiger partial charge in [-0.05, 0) is 65.9 Å². The van der Waals surface area contributed by atoms with E-state index in [2.05, 4.69) is 4.98 Å². The van der Waals surface area contributed by atoms with Gasteiger partial charge in [0.25, 0.3) is 5.91 Å². The van der Waals surface area contributed by atoms with E-state index in [9.17, 15) is 9.90 Å². The van der Waals surface area contributed by atoms with Crippen LogP contribution in [0.5, 0.6) is 0 Å². The fraction of sp³-hybridized carbons (Fsp3) is 0.172. The number of rotatable bonds is 8. The quantitative estimate of drug-likeness (QED) is 0.294. The molecule has 3 aromatic carbocycles. The molecule has 0 aliphatic carbocycles. The number of aliphatic hydroxyl groups is 1. The first-order chi connectivity index (χ1) is 16.9. The highest BCUT2D eigenvalue weighted by Gasteiger charge is 2.16. The molecule has 6 heteroatoms. The number of hydroxylamine groups is 2. The number of benzene rings is 3. The van der Waals surface area contributed by atoms with E-state index < -0.39 is 6.10 Å². The van der Waals surface area contributed by atoms with E-state index >= 15 is 0 Å². The smallest absolute Gasteiger partial charge is 0.277 e. The van der Waals surface area contributed by atoms with E-state index in [1.54, 1.807) is 13.1 Å². The average Bonchev–Trinajstić information content (AvgIpc) is 2.89. The van der Waals surface area contributed by atoms with E-state index in [1.165, 1.54) is 12.2 Å². The summed E-state index contributed by atoms with van der Waals surface area (Å²) in [4.78, 5) is 22.2. The third-order valence-electron chi connectivity index (χ3n) is 5.91. The fourth-order valence-corrected chi connectivity index (χ4v) is 4.08. The van der Waals surface area contributed by atoms with Crippen molar-refractivity contribution in [3.8, 4) is 0 Å². The topological polar surface area (TPSA) is 62.7 Å². The molecule has 0 aliphatic heterocycles. The van der Waals surface area contributed by atoms with Crippen LogP contribution in [0.15, 0.2) is 78.9 Å². The Balaban J connectivity index is 1.45. The summed E-state index contributed by atoms with van der Waals surface area (Å²) < 4.78 is 0. The maximum atomic E-state index is 12.6. The van der Waals surface area contributed by atoms with Gasteiger partial charge in [-0.15, -0.1) is 0 Å². The van der Waals surface area contributed by atoms with Crippen LogP contribution in [0, 0.1) is 0 Å². The lowest BCUT2D eigenvalue weighted by atomic mass is 9.97. The number of pyridine rings is 1. The number of nitrogens with zero attached hydrogens (tertiary/aromatic N) is 2. The molecule has 1 heterocycles. The average molecular weight is 487 g/mol. The van der Waals surface area contributed by atoms with Gasteiger partial charge in [-0.1, -0.05) is 66.2 Å². The van der Waals surface area contributed by atoms with Gasteiger partial charge < -0.3 is 5.11 Å². The van der Waals surface area contributed by atoms with E-state index in [4.69, 9.17) is 16.4 Å². The van der Waals surface area contributed by atoms with Crippen LogP contribution in [-0.4, -0.2) is 35.2 Å². The Hall–Kier alpha value is -3.51. The minimum absolute atomic E-state index is 0.214. The maximum Gasteiger partial charge on any atom is 0.277 e. The normalized spacial score (nSPS) is 12.2. The Labute approximate surface area is 210 Å². The molecule has 0 saturated carbocycles. The predicted octanol–water partition coefficient (Wildman–Crippen LogP) is 6.36. The van der Waals surface area contributed by atoms with Crippen LogP contribution in [0.4, 0.5) is 0 Å². The van der Waals surface area contributed by atoms with Crippen LogP contribution in [0.1, 0.15) is 45.3 Å². The van der Waals surface area contributed by atoms with Crippen molar-refractivity contribution in [2.75, 3.05) is 14.2 Å². The molecule has 1 aromatic heterocycles. The van der Waals surface area contributed by atoms with Crippen molar-refractivity contribution in [3.63, 3.8) is 0 Å². The van der Waals surface area contributed by atoms with Crippen molar-refractivity contribution in [3.05, 3.63) is 112 Å². The molecule has 0 aliphatic rings. The molecule has 0 unspecified atom stereocenters. The second-order valence-corrected chi connectivity index (χ2v) is 8.71. The van der Waals surface area contributed by atoms with Crippen molar-refractivity contribution in [1.29, 1.82) is 0 Å². The van der Waals surface area contributed by atoms with Crippen molar-refractivity contribution < 1.29 is 14.7 Å². The molecule has 1 amide bonds. The number of aromatic nitrogens is 1. The summed E-state index contributed by atoms with van der Waals surface area (Å²) in [5.41, 5.74) is 4.91. The predicted molar refractivity (Wildman–Crippen MR) is 141 cm³/mol. The second kappa shape index (κ2) is 11.3. The lowest BCUT2D eigenvalue weighted by Gasteiger charge is -2.17. The molecular formula is C29H27ClN2O3. The number of carbonyl (C=O) groups excluding carboxylic acids is 1. The summed E-state index contributed by atoms with van der Waals surface area (Å²) in [6.07, 6.45) is 4.31. The molecular weight excluding hydrogens is 460 g/mol. The molecule has 4 rings (SSSR count). The number of hydrogen-bond donors (Lipinski definition) is 1. The SMILES string of the molecule is CON(C)C(=O)c1ccccc1CC[C@H](O)c1cccc(C=Cc2ccc3ccc(Cl)cc3n2)c1. The molecule has 0 spiro atoms. The van der Waals surface area contributed by atoms with Gasteiger partial charge >= 0.3 is 0 Å². The number of aliphatic hydroxyl groups excluding tert-OH is 1. The summed E-state index contributed by atoms with van der Waals surface area (Å²) in [6.45, 7) is 0. The minimum Gasteiger partial charge on any atom is -0.388 e. The van der Waals surface area contributed by atoms with Crippen LogP contribution < -0.4 is 0 Å². The van der Waals surface area contributed by atoms with Gasteiger partial charge in [0.15, 0.2) is 0 Å². The third-order valence-corrected chi connectivity index (χ3v) is 6.15. The van der Waals surface area contributed by atoms with Crippen molar-refractivity contribution in [1.82, 2.24) is 10.0 Å². The van der Waals surface area contributed by atoms with Crippen molar-refractivity contribution >= 4 is 40.6 Å². The number of hydrogen-bond acceptors (Lipinski definition) is 4. The van der Waals surface area contributed by atoms with Crippen molar-refractivity contribution in [2.24, 2.45) is 0 Å². The molecule has 0 saturated heterocycles. The van der Waals surface area contributed by atoms with Crippen LogP contribution in [-0.2, 0) is 11.3 Å². The highest BCUT2D eigenvalue weighted by atomic mass is 35.5. The molecule has 1 atom stereocenters. The molecule has 1 N–H and O–H groups in total. The van der Waals surface area contributed by atoms with Crippen LogP contribution >= 0.6 is 11.6 Å². The van der Waals surface area contributed by atoms with Crippen LogP contribution in [0.25, 0.3) is 23.1 Å². The Morgan fingerprint density at radius 1 is 1.06 bits per heavy atom. The molecule has 35 heavy (non-hydrogen) atoms. The largest absolute Gasteiger partial charge is 0.388 e. The van der Waals surface area contributed by atoms with Crippen molar-refractivity contribution in [2.45, 2.75) is 18.9 Å². The Morgan fingerprint density at radius 3 is 2.69 bits per heavy atom. The van der Waals surface area contributed by atoms with Gasteiger partial charge in [-0.25, -0.2) is 10.0 Å². The lowest BCUT2D eigenvalue weighted by Crippen LogP contribution is -2.26. The lowest BCUT2D eigenvalue weighted by molar-refractivity contribution is -0.0757. The summed E-state index contributed by atoms with van der Waals surface area (Å²) in [5.74, 6) is -0.214. The number of carbonyl (C=O) groups is 1. The zero-order valence-corrected chi connectivity index (χ0v) is 20.4. The Kier molecular flexibility index (Phi) is 7.93. The van der Waals surface area contributed by atoms with Crippen LogP contribution in [0.2, 0.25) is 5.02 Å². The Morgan fingerprint density at radius 2 is 1.86 bits per heavy atom. The zero-order chi connectivity index (χ0) is 24.8. The number of fused-ring (bicyclic) bond motifs is 1. The van der Waals surface area contributed by atoms with Gasteiger partial charge in [-0.3, -0.25) is 9.63 Å². The van der Waals surface area contributed by atoms with Gasteiger partial charge in [0.05, 0.1) is 24.4 Å². The molecule has 4 aromatic rings. The standard InChI is InChI=1S/C29H27ClN2O3/c1-32(35-2)29(34)26-9-4-3-7-21(26)13-17-28(33)23-8-5-6-20(18-23)10-15-25-16-12-22-11-14-24(30)19-27(22)31-25/h3-12,14-16,18-19,28,33H,13,17H2,1-2H3/t28-/m0/s1. The third kappa shape index (κ3) is 6.14. The molecule has 178 valence electrons. The highest BCUT2D eigenvalue weighted by Crippen LogP contribution is 2.23. The van der Waals surface area contributed by atoms with E-state index in [-0.39, 0.29) is 5.91 Å². The second-order valence-electron chi connectivity index (χ2n) is 8.27. The fourth-order valence-electron chi connectivity index (χ4n) is 3.91. The summed E-state index contributed by atoms with van der Waals surface area (Å²) in [7, 11) is 3.03. The molecule has 0 radical (unpaired) electrons. The molecule has 5 nitrogen and oxygen atoms in total. The minimum atomic E-state index is -0.660. The molecule has 0 fully saturated rings. The first-order valence-corrected chi connectivity index (χ1v) is 11.7. The maximum absolute atomic E-state index is 12.6. The van der Waals surface area contributed by atoms with E-state index in [1.807, 2.05) is 84.9 Å². The first-order valence-electron chi connectivity index (χ1n) is 11.4. The number of amides is 1. The van der Waals surface area contributed by atoms with Gasteiger partial charge in [-0.2, -0.15) is 0 Å². The van der Waals surface area contributed by atoms with Gasteiger partial charge in [0, 0.05) is 23.0 Å². The molecule has 0 bridgehead atoms. The van der Waals surface area contributed by atoms with Gasteiger partial charge in [0.2, 0.25) is 0 Å². The van der Waals surface area contributed by atoms with Gasteiger partial charge in [0.1, 0.15) is 0 Å². The highest BCUT2D eigenvalue weighted by molar-refractivity contribution is 6.31. The monoisotopic (exact) mass is 486 g/mol. The summed E-state index contributed by atoms with van der Waals surface area (Å²) >= 11 is 6.09. The zero-order valence-electron chi connectivity index (χ0n) is 19.7. The van der Waals surface area contributed by atoms with E-state index in [0.717, 1.165) is 33.3 Å². The summed E-state index contributed by atoms with van der Waals surface area (Å²) in [6, 6.07) is 24.8. The Bertz CT molecular complexity index is 1370. The summed E-state index contributed by atoms with van der Waals surface area (Å²) in [5, 5.41) is 13.7. The first kappa shape index (κ1) is 24.6. The number of halogens is 1. The number of aryl methyl sites for hydroxylation is 1. The van der Waals surface area contributed by atoms with E-state index in [0.29, 0.717) is 23.4 Å².